The maximum absolute atomic E-state index is 13.0. The second kappa shape index (κ2) is 11.1. The van der Waals surface area contributed by atoms with Crippen LogP contribution < -0.4 is 25.8 Å². The third kappa shape index (κ3) is 5.49. The molecule has 0 bridgehead atoms. The minimum atomic E-state index is -0.339. The van der Waals surface area contributed by atoms with Crippen molar-refractivity contribution in [2.75, 3.05) is 56.9 Å². The molecule has 12 nitrogen and oxygen atoms in total. The highest BCUT2D eigenvalue weighted by atomic mass is 16.5. The van der Waals surface area contributed by atoms with Crippen molar-refractivity contribution in [2.24, 2.45) is 7.05 Å². The van der Waals surface area contributed by atoms with Crippen LogP contribution in [-0.4, -0.2) is 76.9 Å². The van der Waals surface area contributed by atoms with Crippen molar-refractivity contribution in [2.45, 2.75) is 0 Å². The number of nitrogens with one attached hydrogen (secondary N) is 3. The molecule has 3 heterocycles. The lowest BCUT2D eigenvalue weighted by atomic mass is 10.1. The van der Waals surface area contributed by atoms with E-state index in [1.807, 2.05) is 32.1 Å². The van der Waals surface area contributed by atoms with E-state index in [9.17, 15) is 9.59 Å². The molecule has 0 spiro atoms. The number of carbonyl (C=O) groups is 1. The molecular weight excluding hydrogens is 486 g/mol. The van der Waals surface area contributed by atoms with Gasteiger partial charge in [0, 0.05) is 56.6 Å². The first-order chi connectivity index (χ1) is 18.2. The Labute approximate surface area is 220 Å². The number of H-pyrrole nitrogens is 1. The van der Waals surface area contributed by atoms with E-state index in [2.05, 4.69) is 42.3 Å². The number of aromatic nitrogens is 5. The molecular formula is C26H31N9O3. The van der Waals surface area contributed by atoms with Gasteiger partial charge >= 0.3 is 0 Å². The van der Waals surface area contributed by atoms with E-state index in [-0.39, 0.29) is 17.4 Å². The highest BCUT2D eigenvalue weighted by Gasteiger charge is 2.17. The molecule has 0 aliphatic rings. The number of aromatic amines is 1. The molecule has 4 rings (SSSR count). The maximum atomic E-state index is 13.0. The van der Waals surface area contributed by atoms with Crippen LogP contribution in [0.1, 0.15) is 0 Å². The Balaban J connectivity index is 1.73. The van der Waals surface area contributed by atoms with Crippen LogP contribution in [0.15, 0.2) is 54.2 Å². The average Bonchev–Trinajstić information content (AvgIpc) is 3.44. The lowest BCUT2D eigenvalue weighted by Crippen LogP contribution is -2.29. The number of fused-ring (bicyclic) bond motifs is 1. The van der Waals surface area contributed by atoms with Gasteiger partial charge in [-0.2, -0.15) is 10.1 Å². The zero-order chi connectivity index (χ0) is 27.4. The number of carbonyl (C=O) groups excluding carboxylic acids is 1. The number of aryl methyl sites for hydroxylation is 1. The summed E-state index contributed by atoms with van der Waals surface area (Å²) in [5.74, 6) is 0.450. The number of pyridine rings is 1. The second-order valence-electron chi connectivity index (χ2n) is 8.99. The topological polar surface area (TPSA) is 133 Å². The van der Waals surface area contributed by atoms with Gasteiger partial charge in [0.2, 0.25) is 11.9 Å². The number of benzene rings is 1. The molecule has 38 heavy (non-hydrogen) atoms. The third-order valence-electron chi connectivity index (χ3n) is 6.06. The van der Waals surface area contributed by atoms with Gasteiger partial charge in [-0.25, -0.2) is 4.98 Å². The summed E-state index contributed by atoms with van der Waals surface area (Å²) in [6, 6.07) is 5.34. The Hall–Kier alpha value is -4.71. The minimum absolute atomic E-state index is 0.208. The molecule has 0 fully saturated rings. The van der Waals surface area contributed by atoms with Gasteiger partial charge < -0.3 is 25.2 Å². The van der Waals surface area contributed by atoms with E-state index < -0.39 is 0 Å². The summed E-state index contributed by atoms with van der Waals surface area (Å²) < 4.78 is 7.13. The van der Waals surface area contributed by atoms with Gasteiger partial charge in [-0.1, -0.05) is 6.58 Å². The summed E-state index contributed by atoms with van der Waals surface area (Å²) in [5.41, 5.74) is 3.31. The summed E-state index contributed by atoms with van der Waals surface area (Å²) in [4.78, 5) is 38.3. The van der Waals surface area contributed by atoms with E-state index in [0.717, 1.165) is 18.8 Å². The van der Waals surface area contributed by atoms with Crippen molar-refractivity contribution < 1.29 is 9.53 Å². The first kappa shape index (κ1) is 26.4. The predicted octanol–water partition coefficient (Wildman–Crippen LogP) is 2.59. The van der Waals surface area contributed by atoms with Crippen molar-refractivity contribution in [3.63, 3.8) is 0 Å². The number of nitrogens with zero attached hydrogens (tertiary/aromatic N) is 6. The van der Waals surface area contributed by atoms with Crippen molar-refractivity contribution in [3.8, 4) is 16.9 Å². The molecule has 1 amide bonds. The van der Waals surface area contributed by atoms with Crippen LogP contribution in [0.25, 0.3) is 22.2 Å². The van der Waals surface area contributed by atoms with Crippen LogP contribution >= 0.6 is 0 Å². The summed E-state index contributed by atoms with van der Waals surface area (Å²) >= 11 is 0. The Kier molecular flexibility index (Phi) is 7.72. The highest BCUT2D eigenvalue weighted by Crippen LogP contribution is 2.38. The summed E-state index contributed by atoms with van der Waals surface area (Å²) in [6.07, 6.45) is 6.11. The molecule has 0 unspecified atom stereocenters. The summed E-state index contributed by atoms with van der Waals surface area (Å²) in [7, 11) is 9.17. The lowest BCUT2D eigenvalue weighted by Gasteiger charge is -2.26. The summed E-state index contributed by atoms with van der Waals surface area (Å²) in [5, 5.41) is 13.4. The highest BCUT2D eigenvalue weighted by molar-refractivity contribution is 6.02. The molecule has 3 aromatic heterocycles. The molecule has 0 aliphatic carbocycles. The maximum Gasteiger partial charge on any atom is 0.259 e. The molecule has 198 valence electrons. The molecule has 0 radical (unpaired) electrons. The van der Waals surface area contributed by atoms with Gasteiger partial charge in [0.25, 0.3) is 5.56 Å². The van der Waals surface area contributed by atoms with Crippen molar-refractivity contribution >= 4 is 40.0 Å². The molecule has 12 heteroatoms. The van der Waals surface area contributed by atoms with Crippen LogP contribution in [-0.2, 0) is 11.8 Å². The number of rotatable bonds is 10. The van der Waals surface area contributed by atoms with E-state index >= 15 is 0 Å². The van der Waals surface area contributed by atoms with E-state index in [4.69, 9.17) is 4.74 Å². The van der Waals surface area contributed by atoms with Crippen LogP contribution in [0, 0.1) is 0 Å². The number of amides is 1. The fourth-order valence-corrected chi connectivity index (χ4v) is 3.94. The first-order valence-electron chi connectivity index (χ1n) is 11.9. The molecule has 1 aromatic carbocycles. The predicted molar refractivity (Wildman–Crippen MR) is 149 cm³/mol. The molecule has 3 N–H and O–H groups in total. The standard InChI is InChI=1S/C26H31N9O3/c1-7-23(36)30-19-11-20(22(38-6)12-21(19)34(4)9-8-33(2)3)31-26-27-13-16-10-18(17-14-28-29-15-17)25(37)35(5)24(16)32-26/h7,10-15H,1,8-9H2,2-6H3,(H,28,29)(H,30,36)(H,27,31,32). The smallest absolute Gasteiger partial charge is 0.259 e. The minimum Gasteiger partial charge on any atom is -0.494 e. The number of hydrogen-bond acceptors (Lipinski definition) is 9. The number of hydrogen-bond donors (Lipinski definition) is 3. The van der Waals surface area contributed by atoms with Gasteiger partial charge in [0.1, 0.15) is 11.4 Å². The van der Waals surface area contributed by atoms with Gasteiger partial charge in [0.15, 0.2) is 0 Å². The van der Waals surface area contributed by atoms with Gasteiger partial charge in [-0.15, -0.1) is 0 Å². The van der Waals surface area contributed by atoms with E-state index in [0.29, 0.717) is 39.3 Å². The van der Waals surface area contributed by atoms with Gasteiger partial charge in [-0.05, 0) is 32.3 Å². The average molecular weight is 518 g/mol. The van der Waals surface area contributed by atoms with E-state index in [1.165, 1.54) is 10.6 Å². The normalized spacial score (nSPS) is 11.0. The van der Waals surface area contributed by atoms with Crippen molar-refractivity contribution in [1.29, 1.82) is 0 Å². The second-order valence-corrected chi connectivity index (χ2v) is 8.99. The molecule has 0 atom stereocenters. The molecule has 0 aliphatic heterocycles. The number of likely N-dealkylation sites (N-methyl/N-ethyl adjacent to an activating group) is 2. The molecule has 0 saturated heterocycles. The Morgan fingerprint density at radius 2 is 1.97 bits per heavy atom. The van der Waals surface area contributed by atoms with Crippen LogP contribution in [0.2, 0.25) is 0 Å². The zero-order valence-electron chi connectivity index (χ0n) is 22.1. The van der Waals surface area contributed by atoms with E-state index in [1.54, 1.807) is 44.9 Å². The fourth-order valence-electron chi connectivity index (χ4n) is 3.94. The van der Waals surface area contributed by atoms with Crippen LogP contribution in [0.4, 0.5) is 23.0 Å². The van der Waals surface area contributed by atoms with Crippen molar-refractivity contribution in [3.05, 3.63) is 59.8 Å². The van der Waals surface area contributed by atoms with Gasteiger partial charge in [0.05, 0.1) is 35.9 Å². The number of ether oxygens (including phenoxy) is 1. The van der Waals surface area contributed by atoms with Crippen LogP contribution in [0.5, 0.6) is 5.75 Å². The lowest BCUT2D eigenvalue weighted by molar-refractivity contribution is -0.111. The number of anilines is 4. The fraction of sp³-hybridized carbons (Fsp3) is 0.269. The van der Waals surface area contributed by atoms with Crippen LogP contribution in [0.3, 0.4) is 0 Å². The third-order valence-corrected chi connectivity index (χ3v) is 6.06. The largest absolute Gasteiger partial charge is 0.494 e. The first-order valence-corrected chi connectivity index (χ1v) is 11.9. The Morgan fingerprint density at radius 1 is 1.18 bits per heavy atom. The Morgan fingerprint density at radius 3 is 2.63 bits per heavy atom. The Bertz CT molecular complexity index is 1530. The van der Waals surface area contributed by atoms with Crippen molar-refractivity contribution in [1.82, 2.24) is 29.6 Å². The number of methoxy groups -OCH3 is 1. The monoisotopic (exact) mass is 517 g/mol. The molecule has 4 aromatic rings. The summed E-state index contributed by atoms with van der Waals surface area (Å²) in [6.45, 7) is 5.10. The molecule has 0 saturated carbocycles. The quantitative estimate of drug-likeness (QED) is 0.271. The SMILES string of the molecule is C=CC(=O)Nc1cc(Nc2ncc3cc(-c4cn[nH]c4)c(=O)n(C)c3n2)c(OC)cc1N(C)CCN(C)C. The zero-order valence-corrected chi connectivity index (χ0v) is 22.1. The van der Waals surface area contributed by atoms with Gasteiger partial charge in [-0.3, -0.25) is 19.3 Å².